The molecule has 1 amide bonds. The minimum Gasteiger partial charge on any atom is -0.368 e. The Morgan fingerprint density at radius 2 is 1.81 bits per heavy atom. The molecule has 0 bridgehead atoms. The van der Waals surface area contributed by atoms with Crippen LogP contribution in [0.25, 0.3) is 0 Å². The van der Waals surface area contributed by atoms with E-state index in [1.165, 1.54) is 12.1 Å². The molecule has 1 saturated heterocycles. The van der Waals surface area contributed by atoms with Crippen molar-refractivity contribution in [2.24, 2.45) is 0 Å². The average molecular weight is 374 g/mol. The highest BCUT2D eigenvalue weighted by molar-refractivity contribution is 7.89. The Kier molecular flexibility index (Phi) is 5.53. The summed E-state index contributed by atoms with van der Waals surface area (Å²) in [6, 6.07) is 10.1. The van der Waals surface area contributed by atoms with Crippen LogP contribution in [-0.4, -0.2) is 56.9 Å². The first-order chi connectivity index (χ1) is 12.5. The van der Waals surface area contributed by atoms with Crippen molar-refractivity contribution in [1.82, 2.24) is 14.6 Å². The Bertz CT molecular complexity index is 863. The molecule has 0 aliphatic carbocycles. The van der Waals surface area contributed by atoms with Gasteiger partial charge in [0.1, 0.15) is 0 Å². The fraction of sp³-hybridized carbons (Fsp3) is 0.333. The Balaban J connectivity index is 1.69. The molecule has 8 heteroatoms. The van der Waals surface area contributed by atoms with E-state index in [9.17, 15) is 13.2 Å². The number of anilines is 1. The predicted octanol–water partition coefficient (Wildman–Crippen LogP) is 1.34. The van der Waals surface area contributed by atoms with Crippen molar-refractivity contribution in [2.45, 2.75) is 11.8 Å². The van der Waals surface area contributed by atoms with Gasteiger partial charge in [0.25, 0.3) is 5.91 Å². The van der Waals surface area contributed by atoms with E-state index >= 15 is 0 Å². The molecule has 1 aromatic carbocycles. The zero-order valence-corrected chi connectivity index (χ0v) is 15.4. The quantitative estimate of drug-likeness (QED) is 0.854. The molecule has 1 aliphatic heterocycles. The molecule has 0 unspecified atom stereocenters. The number of aromatic nitrogens is 1. The highest BCUT2D eigenvalue weighted by atomic mass is 32.2. The van der Waals surface area contributed by atoms with Gasteiger partial charge in [0.15, 0.2) is 0 Å². The van der Waals surface area contributed by atoms with Gasteiger partial charge >= 0.3 is 0 Å². The number of sulfonamides is 1. The Morgan fingerprint density at radius 1 is 1.12 bits per heavy atom. The molecule has 26 heavy (non-hydrogen) atoms. The van der Waals surface area contributed by atoms with Crippen LogP contribution in [0.3, 0.4) is 0 Å². The van der Waals surface area contributed by atoms with Gasteiger partial charge in [0, 0.05) is 56.4 Å². The maximum atomic E-state index is 12.8. The molecular weight excluding hydrogens is 352 g/mol. The molecule has 1 aliphatic rings. The SMILES string of the molecule is CCNS(=O)(=O)c1cccc(C(=O)N2CCN(c3ccncc3)CC2)c1. The second-order valence-corrected chi connectivity index (χ2v) is 7.78. The number of pyridine rings is 1. The molecule has 1 aromatic heterocycles. The van der Waals surface area contributed by atoms with Gasteiger partial charge in [-0.25, -0.2) is 13.1 Å². The monoisotopic (exact) mass is 374 g/mol. The minimum absolute atomic E-state index is 0.112. The zero-order valence-electron chi connectivity index (χ0n) is 14.6. The number of amides is 1. The topological polar surface area (TPSA) is 82.6 Å². The smallest absolute Gasteiger partial charge is 0.254 e. The zero-order chi connectivity index (χ0) is 18.6. The van der Waals surface area contributed by atoms with Gasteiger partial charge in [0.2, 0.25) is 10.0 Å². The molecule has 2 aromatic rings. The third-order valence-corrected chi connectivity index (χ3v) is 5.86. The van der Waals surface area contributed by atoms with Gasteiger partial charge in [-0.15, -0.1) is 0 Å². The van der Waals surface area contributed by atoms with Crippen LogP contribution in [0.2, 0.25) is 0 Å². The number of rotatable bonds is 5. The Hall–Kier alpha value is -2.45. The van der Waals surface area contributed by atoms with E-state index in [-0.39, 0.29) is 10.8 Å². The lowest BCUT2D eigenvalue weighted by molar-refractivity contribution is 0.0746. The molecule has 1 fully saturated rings. The highest BCUT2D eigenvalue weighted by Crippen LogP contribution is 2.17. The van der Waals surface area contributed by atoms with Crippen molar-refractivity contribution in [2.75, 3.05) is 37.6 Å². The van der Waals surface area contributed by atoms with Crippen LogP contribution in [0.1, 0.15) is 17.3 Å². The van der Waals surface area contributed by atoms with Crippen LogP contribution in [-0.2, 0) is 10.0 Å². The number of carbonyl (C=O) groups is 1. The normalized spacial score (nSPS) is 15.1. The maximum Gasteiger partial charge on any atom is 0.254 e. The highest BCUT2D eigenvalue weighted by Gasteiger charge is 2.23. The molecule has 0 atom stereocenters. The minimum atomic E-state index is -3.58. The second-order valence-electron chi connectivity index (χ2n) is 6.01. The molecule has 138 valence electrons. The number of carbonyl (C=O) groups excluding carboxylic acids is 1. The summed E-state index contributed by atoms with van der Waals surface area (Å²) in [6.45, 7) is 4.65. The number of benzene rings is 1. The van der Waals surface area contributed by atoms with Crippen molar-refractivity contribution >= 4 is 21.6 Å². The van der Waals surface area contributed by atoms with E-state index in [4.69, 9.17) is 0 Å². The number of nitrogens with one attached hydrogen (secondary N) is 1. The molecule has 0 spiro atoms. The van der Waals surface area contributed by atoms with Crippen LogP contribution in [0.4, 0.5) is 5.69 Å². The molecule has 2 heterocycles. The first kappa shape index (κ1) is 18.3. The molecule has 1 N–H and O–H groups in total. The standard InChI is InChI=1S/C18H22N4O3S/c1-2-20-26(24,25)17-5-3-4-15(14-17)18(23)22-12-10-21(11-13-22)16-6-8-19-9-7-16/h3-9,14,20H,2,10-13H2,1H3. The largest absolute Gasteiger partial charge is 0.368 e. The van der Waals surface area contributed by atoms with E-state index in [0.717, 1.165) is 18.8 Å². The lowest BCUT2D eigenvalue weighted by atomic mass is 10.1. The summed E-state index contributed by atoms with van der Waals surface area (Å²) in [5, 5.41) is 0. The maximum absolute atomic E-state index is 12.8. The molecule has 3 rings (SSSR count). The van der Waals surface area contributed by atoms with Crippen LogP contribution >= 0.6 is 0 Å². The summed E-state index contributed by atoms with van der Waals surface area (Å²) in [5.74, 6) is -0.145. The van der Waals surface area contributed by atoms with Crippen LogP contribution in [0, 0.1) is 0 Å². The Labute approximate surface area is 153 Å². The number of nitrogens with zero attached hydrogens (tertiary/aromatic N) is 3. The van der Waals surface area contributed by atoms with Gasteiger partial charge < -0.3 is 9.80 Å². The molecule has 7 nitrogen and oxygen atoms in total. The van der Waals surface area contributed by atoms with E-state index in [2.05, 4.69) is 14.6 Å². The second kappa shape index (κ2) is 7.84. The van der Waals surface area contributed by atoms with Crippen molar-refractivity contribution in [3.63, 3.8) is 0 Å². The lowest BCUT2D eigenvalue weighted by Gasteiger charge is -2.36. The summed E-state index contributed by atoms with van der Waals surface area (Å²) >= 11 is 0. The van der Waals surface area contributed by atoms with Gasteiger partial charge in [-0.2, -0.15) is 0 Å². The van der Waals surface area contributed by atoms with Crippen LogP contribution in [0.15, 0.2) is 53.7 Å². The number of hydrogen-bond donors (Lipinski definition) is 1. The summed E-state index contributed by atoms with van der Waals surface area (Å²) in [4.78, 5) is 20.9. The Morgan fingerprint density at radius 3 is 2.46 bits per heavy atom. The third kappa shape index (κ3) is 4.03. The lowest BCUT2D eigenvalue weighted by Crippen LogP contribution is -2.48. The first-order valence-electron chi connectivity index (χ1n) is 8.55. The van der Waals surface area contributed by atoms with E-state index in [1.54, 1.807) is 36.4 Å². The van der Waals surface area contributed by atoms with Crippen molar-refractivity contribution in [3.05, 3.63) is 54.4 Å². The third-order valence-electron chi connectivity index (χ3n) is 4.32. The van der Waals surface area contributed by atoms with Crippen LogP contribution < -0.4 is 9.62 Å². The summed E-state index contributed by atoms with van der Waals surface area (Å²) in [5.41, 5.74) is 1.48. The van der Waals surface area contributed by atoms with Gasteiger partial charge in [-0.3, -0.25) is 9.78 Å². The molecular formula is C18H22N4O3S. The van der Waals surface area contributed by atoms with Crippen LogP contribution in [0.5, 0.6) is 0 Å². The van der Waals surface area contributed by atoms with Crippen molar-refractivity contribution < 1.29 is 13.2 Å². The predicted molar refractivity (Wildman–Crippen MR) is 99.7 cm³/mol. The van der Waals surface area contributed by atoms with Crippen molar-refractivity contribution in [1.29, 1.82) is 0 Å². The van der Waals surface area contributed by atoms with E-state index in [1.807, 2.05) is 12.1 Å². The fourth-order valence-corrected chi connectivity index (χ4v) is 4.06. The average Bonchev–Trinajstić information content (AvgIpc) is 2.68. The van der Waals surface area contributed by atoms with Gasteiger partial charge in [-0.05, 0) is 30.3 Å². The molecule has 0 radical (unpaired) electrons. The van der Waals surface area contributed by atoms with Gasteiger partial charge in [-0.1, -0.05) is 13.0 Å². The summed E-state index contributed by atoms with van der Waals surface area (Å²) in [6.07, 6.45) is 3.51. The first-order valence-corrected chi connectivity index (χ1v) is 10.0. The van der Waals surface area contributed by atoms with Gasteiger partial charge in [0.05, 0.1) is 4.90 Å². The molecule has 0 saturated carbocycles. The van der Waals surface area contributed by atoms with E-state index < -0.39 is 10.0 Å². The fourth-order valence-electron chi connectivity index (χ4n) is 2.97. The number of piperazine rings is 1. The summed E-state index contributed by atoms with van der Waals surface area (Å²) < 4.78 is 26.7. The number of hydrogen-bond acceptors (Lipinski definition) is 5. The van der Waals surface area contributed by atoms with Crippen molar-refractivity contribution in [3.8, 4) is 0 Å². The summed E-state index contributed by atoms with van der Waals surface area (Å²) in [7, 11) is -3.58. The van der Waals surface area contributed by atoms with E-state index in [0.29, 0.717) is 25.2 Å².